The lowest BCUT2D eigenvalue weighted by molar-refractivity contribution is -0.0736. The molecule has 0 bridgehead atoms. The maximum Gasteiger partial charge on any atom is 0.0226 e. The van der Waals surface area contributed by atoms with Crippen LogP contribution < -0.4 is 0 Å². The minimum atomic E-state index is 0.203. The summed E-state index contributed by atoms with van der Waals surface area (Å²) in [7, 11) is 0. The van der Waals surface area contributed by atoms with Gasteiger partial charge in [0.25, 0.3) is 0 Å². The summed E-state index contributed by atoms with van der Waals surface area (Å²) in [6.07, 6.45) is 5.17. The summed E-state index contributed by atoms with van der Waals surface area (Å²) in [4.78, 5) is 0. The summed E-state index contributed by atoms with van der Waals surface area (Å²) in [6, 6.07) is 28.5. The van der Waals surface area contributed by atoms with Gasteiger partial charge in [-0.25, -0.2) is 0 Å². The molecule has 4 aromatic rings. The van der Waals surface area contributed by atoms with E-state index in [4.69, 9.17) is 0 Å². The van der Waals surface area contributed by atoms with Gasteiger partial charge in [0.15, 0.2) is 0 Å². The van der Waals surface area contributed by atoms with Crippen LogP contribution in [0.1, 0.15) is 47.9 Å². The molecule has 0 nitrogen and oxygen atoms in total. The lowest BCUT2D eigenvalue weighted by Gasteiger charge is -2.67. The van der Waals surface area contributed by atoms with Crippen LogP contribution in [0.4, 0.5) is 0 Å². The fourth-order valence-electron chi connectivity index (χ4n) is 8.35. The Morgan fingerprint density at radius 2 is 0.657 bits per heavy atom. The number of benzene rings is 4. The van der Waals surface area contributed by atoms with E-state index in [9.17, 15) is 0 Å². The molecule has 0 aromatic heterocycles. The van der Waals surface area contributed by atoms with Crippen LogP contribution in [-0.2, 0) is 10.8 Å². The molecule has 4 heteroatoms. The molecule has 3 spiro atoms. The van der Waals surface area contributed by atoms with Crippen molar-refractivity contribution >= 4 is 90.4 Å². The van der Waals surface area contributed by atoms with E-state index in [0.29, 0.717) is 5.41 Å². The number of fused-ring (bicyclic) bond motifs is 10. The molecule has 4 aromatic carbocycles. The number of rotatable bonds is 0. The van der Waals surface area contributed by atoms with Crippen LogP contribution in [0.25, 0.3) is 22.3 Å². The van der Waals surface area contributed by atoms with Crippen LogP contribution >= 0.6 is 90.4 Å². The Kier molecular flexibility index (Phi) is 4.85. The Labute approximate surface area is 260 Å². The molecule has 0 heterocycles. The molecule has 0 saturated heterocycles. The smallest absolute Gasteiger partial charge is 0.0226 e. The molecule has 0 unspecified atom stereocenters. The van der Waals surface area contributed by atoms with Crippen LogP contribution in [0.5, 0.6) is 0 Å². The molecule has 4 aliphatic carbocycles. The Bertz CT molecular complexity index is 1370. The van der Waals surface area contributed by atoms with Gasteiger partial charge in [0, 0.05) is 25.1 Å². The molecule has 0 amide bonds. The molecule has 35 heavy (non-hydrogen) atoms. The van der Waals surface area contributed by atoms with E-state index in [1.807, 2.05) is 0 Å². The number of hydrogen-bond acceptors (Lipinski definition) is 0. The van der Waals surface area contributed by atoms with E-state index in [1.165, 1.54) is 62.2 Å². The lowest BCUT2D eigenvalue weighted by Crippen LogP contribution is -2.61. The van der Waals surface area contributed by atoms with E-state index < -0.39 is 0 Å². The second-order valence-electron chi connectivity index (χ2n) is 11.1. The summed E-state index contributed by atoms with van der Waals surface area (Å²) >= 11 is 9.99. The Morgan fingerprint density at radius 1 is 0.400 bits per heavy atom. The van der Waals surface area contributed by atoms with Crippen molar-refractivity contribution in [1.82, 2.24) is 0 Å². The van der Waals surface area contributed by atoms with E-state index >= 15 is 0 Å². The van der Waals surface area contributed by atoms with Gasteiger partial charge in [-0.15, -0.1) is 0 Å². The number of hydrogen-bond donors (Lipinski definition) is 0. The van der Waals surface area contributed by atoms with E-state index in [0.717, 1.165) is 0 Å². The molecule has 2 saturated carbocycles. The molecule has 2 fully saturated rings. The van der Waals surface area contributed by atoms with Crippen molar-refractivity contribution < 1.29 is 0 Å². The molecule has 0 aliphatic heterocycles. The molecule has 0 atom stereocenters. The second kappa shape index (κ2) is 7.46. The molecule has 4 aliphatic rings. The average Bonchev–Trinajstić information content (AvgIpc) is 3.20. The van der Waals surface area contributed by atoms with Crippen molar-refractivity contribution in [1.29, 1.82) is 0 Å². The largest absolute Gasteiger partial charge is 0.0530 e. The molecule has 8 rings (SSSR count). The minimum absolute atomic E-state index is 0.203. The van der Waals surface area contributed by atoms with Gasteiger partial charge in [-0.05, 0) is 215 Å². The van der Waals surface area contributed by atoms with Gasteiger partial charge >= 0.3 is 0 Å². The van der Waals surface area contributed by atoms with Crippen molar-refractivity contribution in [2.24, 2.45) is 5.41 Å². The zero-order chi connectivity index (χ0) is 23.7. The Balaban J connectivity index is 1.23. The SMILES string of the molecule is Ic1ccc2c(c1)C1(CC3(C1)CC1(C3)c3cc(I)ccc3-c3ccc(I)cc31)c1cc(I)ccc1-2. The van der Waals surface area contributed by atoms with Gasteiger partial charge in [-0.3, -0.25) is 0 Å². The first-order valence-corrected chi connectivity index (χ1v) is 16.4. The predicted molar refractivity (Wildman–Crippen MR) is 177 cm³/mol. The van der Waals surface area contributed by atoms with Gasteiger partial charge in [-0.2, -0.15) is 0 Å². The van der Waals surface area contributed by atoms with Gasteiger partial charge in [0.1, 0.15) is 0 Å². The van der Waals surface area contributed by atoms with Crippen molar-refractivity contribution in [3.8, 4) is 22.3 Å². The predicted octanol–water partition coefficient (Wildman–Crippen LogP) is 9.91. The average molecular weight is 900 g/mol. The highest BCUT2D eigenvalue weighted by molar-refractivity contribution is 14.1. The first-order chi connectivity index (χ1) is 16.8. The second-order valence-corrected chi connectivity index (χ2v) is 16.1. The number of halogens is 4. The minimum Gasteiger partial charge on any atom is -0.0530 e. The third-order valence-electron chi connectivity index (χ3n) is 9.28. The summed E-state index contributed by atoms with van der Waals surface area (Å²) in [6.45, 7) is 0. The third-order valence-corrected chi connectivity index (χ3v) is 12.0. The zero-order valence-electron chi connectivity index (χ0n) is 18.8. The van der Waals surface area contributed by atoms with Gasteiger partial charge in [0.2, 0.25) is 0 Å². The van der Waals surface area contributed by atoms with E-state index in [-0.39, 0.29) is 10.8 Å². The highest BCUT2D eigenvalue weighted by Gasteiger charge is 2.69. The maximum absolute atomic E-state index is 2.50. The van der Waals surface area contributed by atoms with Crippen molar-refractivity contribution in [3.05, 3.63) is 109 Å². The van der Waals surface area contributed by atoms with Crippen LogP contribution in [0.15, 0.2) is 72.8 Å². The summed E-state index contributed by atoms with van der Waals surface area (Å²) in [5, 5.41) is 0. The van der Waals surface area contributed by atoms with E-state index in [2.05, 4.69) is 163 Å². The molecular weight excluding hydrogens is 880 g/mol. The van der Waals surface area contributed by atoms with Crippen LogP contribution in [-0.4, -0.2) is 0 Å². The molecule has 0 N–H and O–H groups in total. The lowest BCUT2D eigenvalue weighted by atomic mass is 9.36. The highest BCUT2D eigenvalue weighted by Crippen LogP contribution is 2.78. The van der Waals surface area contributed by atoms with Gasteiger partial charge in [0.05, 0.1) is 0 Å². The quantitative estimate of drug-likeness (QED) is 0.154. The Morgan fingerprint density at radius 3 is 0.914 bits per heavy atom. The van der Waals surface area contributed by atoms with E-state index in [1.54, 1.807) is 22.3 Å². The van der Waals surface area contributed by atoms with Gasteiger partial charge in [-0.1, -0.05) is 24.3 Å². The summed E-state index contributed by atoms with van der Waals surface area (Å²) < 4.78 is 5.43. The van der Waals surface area contributed by atoms with Crippen molar-refractivity contribution in [2.75, 3.05) is 0 Å². The van der Waals surface area contributed by atoms with Crippen molar-refractivity contribution in [2.45, 2.75) is 36.5 Å². The molecule has 0 radical (unpaired) electrons. The summed E-state index contributed by atoms with van der Waals surface area (Å²) in [5.41, 5.74) is 13.1. The standard InChI is InChI=1S/C31H20I4/c32-17-1-5-21-22-6-2-18(33)10-26(22)30(25(21)9-17)13-29(14-30)15-31(16-29)27-11-19(34)3-7-23(27)24-8-4-20(35)12-28(24)31/h1-12H,13-16H2. The fourth-order valence-corrected chi connectivity index (χ4v) is 10.3. The van der Waals surface area contributed by atoms with Crippen molar-refractivity contribution in [3.63, 3.8) is 0 Å². The van der Waals surface area contributed by atoms with Gasteiger partial charge < -0.3 is 0 Å². The monoisotopic (exact) mass is 900 g/mol. The molecule has 172 valence electrons. The topological polar surface area (TPSA) is 0 Å². The first kappa shape index (κ1) is 22.8. The molecular formula is C31H20I4. The normalized spacial score (nSPS) is 20.2. The Hall–Kier alpha value is -0.200. The van der Waals surface area contributed by atoms with Crippen LogP contribution in [0, 0.1) is 19.7 Å². The maximum atomic E-state index is 2.50. The third kappa shape index (κ3) is 2.94. The van der Waals surface area contributed by atoms with Crippen LogP contribution in [0.2, 0.25) is 0 Å². The first-order valence-electron chi connectivity index (χ1n) is 12.0. The fraction of sp³-hybridized carbons (Fsp3) is 0.226. The van der Waals surface area contributed by atoms with Crippen LogP contribution in [0.3, 0.4) is 0 Å². The highest BCUT2D eigenvalue weighted by atomic mass is 127. The summed E-state index contributed by atoms with van der Waals surface area (Å²) in [5.74, 6) is 0. The zero-order valence-corrected chi connectivity index (χ0v) is 27.4.